The zero-order valence-corrected chi connectivity index (χ0v) is 15.8. The number of hydrogen-bond acceptors (Lipinski definition) is 3. The van der Waals surface area contributed by atoms with Crippen LogP contribution in [0.15, 0.2) is 77.7 Å². The molecule has 1 aromatic carbocycles. The molecule has 0 unspecified atom stereocenters. The summed E-state index contributed by atoms with van der Waals surface area (Å²) in [6, 6.07) is 18.1. The molecule has 0 saturated carbocycles. The van der Waals surface area contributed by atoms with Crippen molar-refractivity contribution in [2.75, 3.05) is 6.54 Å². The number of nitrogens with zero attached hydrogens (tertiary/aromatic N) is 2. The van der Waals surface area contributed by atoms with Crippen LogP contribution in [0.2, 0.25) is 0 Å². The second-order valence-corrected chi connectivity index (χ2v) is 6.93. The number of benzene rings is 1. The minimum atomic E-state index is -0.00503. The van der Waals surface area contributed by atoms with Gasteiger partial charge in [0, 0.05) is 24.9 Å². The number of nitrogens with one attached hydrogen (secondary N) is 1. The third-order valence-electron chi connectivity index (χ3n) is 4.99. The van der Waals surface area contributed by atoms with Crippen molar-refractivity contribution in [2.24, 2.45) is 0 Å². The molecule has 3 heterocycles. The number of aromatic nitrogens is 2. The standard InChI is InChI=1S/C23H23N3O2/c1-17-7-5-13-26-19(16-25-23(17)26)15-22(27)24-12-11-20(21-10-6-14-28-21)18-8-3-2-4-9-18/h2-10,13-14,16,20H,11-12,15H2,1H3,(H,24,27)/t20-/m0/s1. The molecule has 0 radical (unpaired) electrons. The second kappa shape index (κ2) is 8.13. The number of pyridine rings is 1. The summed E-state index contributed by atoms with van der Waals surface area (Å²) in [5.41, 5.74) is 4.07. The Morgan fingerprint density at radius 3 is 2.79 bits per heavy atom. The first-order valence-corrected chi connectivity index (χ1v) is 9.49. The Morgan fingerprint density at radius 1 is 1.14 bits per heavy atom. The number of amides is 1. The van der Waals surface area contributed by atoms with Gasteiger partial charge in [-0.1, -0.05) is 36.4 Å². The van der Waals surface area contributed by atoms with E-state index < -0.39 is 0 Å². The molecule has 142 valence electrons. The molecule has 0 aliphatic heterocycles. The average Bonchev–Trinajstić information content (AvgIpc) is 3.37. The third-order valence-corrected chi connectivity index (χ3v) is 4.99. The smallest absolute Gasteiger partial charge is 0.226 e. The summed E-state index contributed by atoms with van der Waals surface area (Å²) in [5.74, 6) is 1.03. The largest absolute Gasteiger partial charge is 0.469 e. The monoisotopic (exact) mass is 373 g/mol. The minimum Gasteiger partial charge on any atom is -0.469 e. The molecule has 5 heteroatoms. The first-order valence-electron chi connectivity index (χ1n) is 9.49. The maximum atomic E-state index is 12.5. The number of aryl methyl sites for hydroxylation is 1. The van der Waals surface area contributed by atoms with E-state index in [1.807, 2.05) is 60.0 Å². The van der Waals surface area contributed by atoms with Gasteiger partial charge in [0.1, 0.15) is 11.4 Å². The SMILES string of the molecule is Cc1cccn2c(CC(=O)NCC[C@@H](c3ccccc3)c3ccco3)cnc12. The normalized spacial score (nSPS) is 12.2. The Balaban J connectivity index is 1.39. The van der Waals surface area contributed by atoms with Crippen molar-refractivity contribution in [2.45, 2.75) is 25.7 Å². The van der Waals surface area contributed by atoms with Crippen LogP contribution in [0.3, 0.4) is 0 Å². The summed E-state index contributed by atoms with van der Waals surface area (Å²) in [7, 11) is 0. The molecule has 4 rings (SSSR count). The van der Waals surface area contributed by atoms with Crippen LogP contribution in [0.25, 0.3) is 5.65 Å². The molecule has 0 aliphatic rings. The van der Waals surface area contributed by atoms with Gasteiger partial charge in [0.05, 0.1) is 18.4 Å². The highest BCUT2D eigenvalue weighted by molar-refractivity contribution is 5.78. The van der Waals surface area contributed by atoms with Crippen LogP contribution in [-0.4, -0.2) is 21.8 Å². The molecule has 4 aromatic rings. The number of hydrogen-bond donors (Lipinski definition) is 1. The van der Waals surface area contributed by atoms with E-state index in [0.29, 0.717) is 13.0 Å². The van der Waals surface area contributed by atoms with Crippen LogP contribution < -0.4 is 5.32 Å². The molecule has 1 N–H and O–H groups in total. The van der Waals surface area contributed by atoms with E-state index in [9.17, 15) is 4.79 Å². The predicted molar refractivity (Wildman–Crippen MR) is 108 cm³/mol. The number of rotatable bonds is 7. The van der Waals surface area contributed by atoms with E-state index in [1.165, 1.54) is 5.56 Å². The lowest BCUT2D eigenvalue weighted by molar-refractivity contribution is -0.120. The van der Waals surface area contributed by atoms with E-state index in [2.05, 4.69) is 22.4 Å². The molecule has 3 aromatic heterocycles. The number of furan rings is 1. The van der Waals surface area contributed by atoms with Gasteiger partial charge >= 0.3 is 0 Å². The summed E-state index contributed by atoms with van der Waals surface area (Å²) < 4.78 is 7.60. The van der Waals surface area contributed by atoms with E-state index in [4.69, 9.17) is 4.42 Å². The van der Waals surface area contributed by atoms with Crippen molar-refractivity contribution in [1.82, 2.24) is 14.7 Å². The zero-order chi connectivity index (χ0) is 19.3. The summed E-state index contributed by atoms with van der Waals surface area (Å²) in [6.45, 7) is 2.60. The van der Waals surface area contributed by atoms with Crippen LogP contribution in [0.1, 0.15) is 34.9 Å². The lowest BCUT2D eigenvalue weighted by Gasteiger charge is -2.15. The van der Waals surface area contributed by atoms with Crippen molar-refractivity contribution >= 4 is 11.6 Å². The Morgan fingerprint density at radius 2 is 2.00 bits per heavy atom. The first-order chi connectivity index (χ1) is 13.7. The van der Waals surface area contributed by atoms with Gasteiger partial charge < -0.3 is 14.1 Å². The molecule has 0 spiro atoms. The molecule has 28 heavy (non-hydrogen) atoms. The number of fused-ring (bicyclic) bond motifs is 1. The third kappa shape index (κ3) is 3.83. The summed E-state index contributed by atoms with van der Waals surface area (Å²) in [5, 5.41) is 3.04. The Labute approximate surface area is 164 Å². The molecule has 0 saturated heterocycles. The highest BCUT2D eigenvalue weighted by atomic mass is 16.3. The summed E-state index contributed by atoms with van der Waals surface area (Å²) >= 11 is 0. The fraction of sp³-hybridized carbons (Fsp3) is 0.217. The summed E-state index contributed by atoms with van der Waals surface area (Å²) in [6.07, 6.45) is 6.49. The van der Waals surface area contributed by atoms with Gasteiger partial charge in [0.15, 0.2) is 0 Å². The lowest BCUT2D eigenvalue weighted by Crippen LogP contribution is -2.27. The molecule has 5 nitrogen and oxygen atoms in total. The van der Waals surface area contributed by atoms with Crippen LogP contribution in [-0.2, 0) is 11.2 Å². The van der Waals surface area contributed by atoms with Crippen molar-refractivity contribution in [3.63, 3.8) is 0 Å². The Hall–Kier alpha value is -3.34. The van der Waals surface area contributed by atoms with Crippen LogP contribution in [0.4, 0.5) is 0 Å². The van der Waals surface area contributed by atoms with Gasteiger partial charge in [0.25, 0.3) is 0 Å². The molecule has 0 bridgehead atoms. The zero-order valence-electron chi connectivity index (χ0n) is 15.8. The highest BCUT2D eigenvalue weighted by Gasteiger charge is 2.17. The minimum absolute atomic E-state index is 0.00503. The molecule has 1 amide bonds. The van der Waals surface area contributed by atoms with Gasteiger partial charge in [-0.25, -0.2) is 4.98 Å². The van der Waals surface area contributed by atoms with Gasteiger partial charge in [-0.3, -0.25) is 4.79 Å². The van der Waals surface area contributed by atoms with E-state index in [0.717, 1.165) is 29.1 Å². The summed E-state index contributed by atoms with van der Waals surface area (Å²) in [4.78, 5) is 16.9. The van der Waals surface area contributed by atoms with Crippen molar-refractivity contribution in [3.05, 3.63) is 95.8 Å². The van der Waals surface area contributed by atoms with E-state index in [-0.39, 0.29) is 11.8 Å². The highest BCUT2D eigenvalue weighted by Crippen LogP contribution is 2.27. The van der Waals surface area contributed by atoms with Gasteiger partial charge in [-0.05, 0) is 42.7 Å². The van der Waals surface area contributed by atoms with Gasteiger partial charge in [0.2, 0.25) is 5.91 Å². The van der Waals surface area contributed by atoms with E-state index in [1.54, 1.807) is 12.5 Å². The Bertz CT molecular complexity index is 1050. The van der Waals surface area contributed by atoms with E-state index >= 15 is 0 Å². The molecular formula is C23H23N3O2. The quantitative estimate of drug-likeness (QED) is 0.530. The fourth-order valence-corrected chi connectivity index (χ4v) is 3.56. The predicted octanol–water partition coefficient (Wildman–Crippen LogP) is 4.12. The molecule has 1 atom stereocenters. The number of carbonyl (C=O) groups is 1. The maximum absolute atomic E-state index is 12.5. The van der Waals surface area contributed by atoms with Crippen LogP contribution >= 0.6 is 0 Å². The molecule has 0 fully saturated rings. The van der Waals surface area contributed by atoms with Gasteiger partial charge in [-0.15, -0.1) is 0 Å². The average molecular weight is 373 g/mol. The van der Waals surface area contributed by atoms with Crippen molar-refractivity contribution < 1.29 is 9.21 Å². The second-order valence-electron chi connectivity index (χ2n) is 6.93. The van der Waals surface area contributed by atoms with Gasteiger partial charge in [-0.2, -0.15) is 0 Å². The Kier molecular flexibility index (Phi) is 5.24. The molecular weight excluding hydrogens is 350 g/mol. The number of carbonyl (C=O) groups excluding carboxylic acids is 1. The maximum Gasteiger partial charge on any atom is 0.226 e. The number of imidazole rings is 1. The fourth-order valence-electron chi connectivity index (χ4n) is 3.56. The van der Waals surface area contributed by atoms with Crippen LogP contribution in [0, 0.1) is 6.92 Å². The first kappa shape index (κ1) is 18.0. The van der Waals surface area contributed by atoms with Crippen molar-refractivity contribution in [1.29, 1.82) is 0 Å². The van der Waals surface area contributed by atoms with Crippen molar-refractivity contribution in [3.8, 4) is 0 Å². The van der Waals surface area contributed by atoms with Crippen LogP contribution in [0.5, 0.6) is 0 Å². The topological polar surface area (TPSA) is 59.5 Å². The molecule has 0 aliphatic carbocycles. The lowest BCUT2D eigenvalue weighted by atomic mass is 9.93.